The number of aromatic nitrogens is 1. The molecule has 3 heterocycles. The van der Waals surface area contributed by atoms with Crippen molar-refractivity contribution in [2.75, 3.05) is 39.5 Å². The number of hydrogen-bond acceptors (Lipinski definition) is 8. The Kier molecular flexibility index (Phi) is 9.63. The van der Waals surface area contributed by atoms with Crippen LogP contribution in [-0.2, 0) is 16.0 Å². The van der Waals surface area contributed by atoms with E-state index in [-0.39, 0.29) is 31.2 Å². The molecule has 4 rings (SSSR count). The summed E-state index contributed by atoms with van der Waals surface area (Å²) in [6.45, 7) is 6.69. The monoisotopic (exact) mass is 528 g/mol. The van der Waals surface area contributed by atoms with Crippen LogP contribution >= 0.6 is 0 Å². The summed E-state index contributed by atoms with van der Waals surface area (Å²) in [5.41, 5.74) is 6.55. The molecule has 38 heavy (non-hydrogen) atoms. The molecule has 1 fully saturated rings. The second kappa shape index (κ2) is 13.1. The van der Waals surface area contributed by atoms with Crippen LogP contribution in [0.1, 0.15) is 62.2 Å². The molecule has 0 unspecified atom stereocenters. The number of benzene rings is 1. The number of amides is 1. The topological polar surface area (TPSA) is 131 Å². The van der Waals surface area contributed by atoms with Gasteiger partial charge in [-0.05, 0) is 56.8 Å². The molecule has 1 amide bonds. The number of nitrogens with two attached hydrogens (primary N) is 1. The van der Waals surface area contributed by atoms with Gasteiger partial charge in [0.15, 0.2) is 17.4 Å². The van der Waals surface area contributed by atoms with Crippen molar-refractivity contribution in [1.82, 2.24) is 14.8 Å². The number of carboxylic acid groups (broad SMARTS) is 1. The van der Waals surface area contributed by atoms with Crippen molar-refractivity contribution >= 4 is 11.9 Å². The third-order valence-corrected chi connectivity index (χ3v) is 7.54. The van der Waals surface area contributed by atoms with E-state index in [4.69, 9.17) is 19.6 Å². The maximum atomic E-state index is 13.5. The summed E-state index contributed by atoms with van der Waals surface area (Å²) in [5, 5.41) is 10.4. The highest BCUT2D eigenvalue weighted by molar-refractivity contribution is 5.79. The number of fused-ring (bicyclic) bond motifs is 1. The summed E-state index contributed by atoms with van der Waals surface area (Å²) in [5.74, 6) is 0.744. The molecule has 2 aliphatic rings. The molecule has 1 aromatic carbocycles. The summed E-state index contributed by atoms with van der Waals surface area (Å²) in [6.07, 6.45) is 6.34. The van der Waals surface area contributed by atoms with Crippen molar-refractivity contribution in [3.8, 4) is 11.5 Å². The molecule has 208 valence electrons. The van der Waals surface area contributed by atoms with E-state index in [1.807, 2.05) is 34.9 Å². The molecule has 10 heteroatoms. The smallest absolute Gasteiger partial charge is 0.308 e. The van der Waals surface area contributed by atoms with Crippen LogP contribution in [0.25, 0.3) is 0 Å². The van der Waals surface area contributed by atoms with Crippen LogP contribution in [0.3, 0.4) is 0 Å². The molecule has 0 radical (unpaired) electrons. The van der Waals surface area contributed by atoms with Crippen LogP contribution in [0, 0.1) is 12.8 Å². The standard InChI is InChI=1S/C28H40N4O6/c1-3-4-12-31(13-6-5-11-29)26(33)17-32-16-21(20-7-9-23-24(14-20)37-18-36-23)27(28(34)35)22(32)8-10-25-30-15-19(2)38-25/h7,9,14-15,21-22,27H,3-6,8,10-13,16-18,29H2,1-2H3,(H,34,35)/t21-,22+,27-/m1/s1. The SMILES string of the molecule is CCCCN(CCCCN)C(=O)CN1C[C@H](c2ccc3c(c2)OCO3)[C@@H](C(=O)O)[C@@H]1CCc1ncc(C)o1. The van der Waals surface area contributed by atoms with Gasteiger partial charge >= 0.3 is 5.97 Å². The molecule has 0 spiro atoms. The van der Waals surface area contributed by atoms with E-state index in [1.54, 1.807) is 6.20 Å². The number of carbonyl (C=O) groups excluding carboxylic acids is 1. The molecule has 1 aromatic heterocycles. The highest BCUT2D eigenvalue weighted by Gasteiger charge is 2.47. The van der Waals surface area contributed by atoms with Crippen molar-refractivity contribution in [2.24, 2.45) is 11.7 Å². The Bertz CT molecular complexity index is 1090. The second-order valence-electron chi connectivity index (χ2n) is 10.2. The maximum Gasteiger partial charge on any atom is 0.308 e. The second-order valence-corrected chi connectivity index (χ2v) is 10.2. The Morgan fingerprint density at radius 1 is 1.18 bits per heavy atom. The molecule has 0 aliphatic carbocycles. The minimum absolute atomic E-state index is 0.0305. The van der Waals surface area contributed by atoms with Crippen molar-refractivity contribution in [3.05, 3.63) is 41.6 Å². The zero-order valence-corrected chi connectivity index (χ0v) is 22.4. The van der Waals surface area contributed by atoms with Gasteiger partial charge in [-0.3, -0.25) is 14.5 Å². The zero-order chi connectivity index (χ0) is 27.1. The first-order chi connectivity index (χ1) is 18.4. The van der Waals surface area contributed by atoms with Crippen LogP contribution in [0.5, 0.6) is 11.5 Å². The summed E-state index contributed by atoms with van der Waals surface area (Å²) in [6, 6.07) is 5.27. The number of unbranched alkanes of at least 4 members (excludes halogenated alkanes) is 2. The Hall–Kier alpha value is -3.11. The number of carboxylic acids is 1. The first kappa shape index (κ1) is 27.9. The van der Waals surface area contributed by atoms with Gasteiger partial charge in [0.05, 0.1) is 18.7 Å². The summed E-state index contributed by atoms with van der Waals surface area (Å²) in [7, 11) is 0. The van der Waals surface area contributed by atoms with Gasteiger partial charge < -0.3 is 29.6 Å². The van der Waals surface area contributed by atoms with Crippen LogP contribution in [0.15, 0.2) is 28.8 Å². The van der Waals surface area contributed by atoms with E-state index < -0.39 is 11.9 Å². The van der Waals surface area contributed by atoms with Crippen molar-refractivity contribution in [1.29, 1.82) is 0 Å². The third-order valence-electron chi connectivity index (χ3n) is 7.54. The first-order valence-electron chi connectivity index (χ1n) is 13.7. The van der Waals surface area contributed by atoms with E-state index in [0.717, 1.165) is 37.0 Å². The van der Waals surface area contributed by atoms with Gasteiger partial charge in [0.2, 0.25) is 12.7 Å². The molecular weight excluding hydrogens is 488 g/mol. The minimum Gasteiger partial charge on any atom is -0.481 e. The molecule has 3 N–H and O–H groups in total. The van der Waals surface area contributed by atoms with Gasteiger partial charge in [-0.1, -0.05) is 19.4 Å². The zero-order valence-electron chi connectivity index (χ0n) is 22.4. The molecule has 2 aromatic rings. The Morgan fingerprint density at radius 2 is 1.97 bits per heavy atom. The van der Waals surface area contributed by atoms with Crippen molar-refractivity contribution in [2.45, 2.75) is 64.3 Å². The van der Waals surface area contributed by atoms with E-state index in [9.17, 15) is 14.7 Å². The molecule has 10 nitrogen and oxygen atoms in total. The van der Waals surface area contributed by atoms with Gasteiger partial charge in [-0.15, -0.1) is 0 Å². The maximum absolute atomic E-state index is 13.5. The molecule has 1 saturated heterocycles. The quantitative estimate of drug-likeness (QED) is 0.355. The molecule has 3 atom stereocenters. The predicted octanol–water partition coefficient (Wildman–Crippen LogP) is 3.18. The number of carbonyl (C=O) groups is 2. The van der Waals surface area contributed by atoms with E-state index >= 15 is 0 Å². The predicted molar refractivity (Wildman–Crippen MR) is 141 cm³/mol. The lowest BCUT2D eigenvalue weighted by Gasteiger charge is -2.29. The number of rotatable bonds is 14. The van der Waals surface area contributed by atoms with Crippen LogP contribution in [0.4, 0.5) is 0 Å². The summed E-state index contributed by atoms with van der Waals surface area (Å²) >= 11 is 0. The van der Waals surface area contributed by atoms with Crippen molar-refractivity contribution in [3.63, 3.8) is 0 Å². The van der Waals surface area contributed by atoms with Gasteiger partial charge in [-0.25, -0.2) is 4.98 Å². The lowest BCUT2D eigenvalue weighted by atomic mass is 9.83. The largest absolute Gasteiger partial charge is 0.481 e. The van der Waals surface area contributed by atoms with Gasteiger partial charge in [0.1, 0.15) is 5.76 Å². The molecular formula is C28H40N4O6. The van der Waals surface area contributed by atoms with Gasteiger partial charge in [0, 0.05) is 38.0 Å². The summed E-state index contributed by atoms with van der Waals surface area (Å²) in [4.78, 5) is 34.5. The third kappa shape index (κ3) is 6.66. The number of oxazole rings is 1. The molecule has 2 aliphatic heterocycles. The number of aryl methyl sites for hydroxylation is 2. The normalized spacial score (nSPS) is 20.7. The number of hydrogen-bond donors (Lipinski definition) is 2. The average molecular weight is 529 g/mol. The number of likely N-dealkylation sites (tertiary alicyclic amines) is 1. The van der Waals surface area contributed by atoms with Gasteiger partial charge in [-0.2, -0.15) is 0 Å². The Labute approximate surface area is 224 Å². The Balaban J connectivity index is 1.57. The lowest BCUT2D eigenvalue weighted by Crippen LogP contribution is -2.45. The fraction of sp³-hybridized carbons (Fsp3) is 0.607. The lowest BCUT2D eigenvalue weighted by molar-refractivity contribution is -0.143. The highest BCUT2D eigenvalue weighted by Crippen LogP contribution is 2.43. The highest BCUT2D eigenvalue weighted by atomic mass is 16.7. The average Bonchev–Trinajstić information content (AvgIpc) is 3.62. The number of nitrogens with zero attached hydrogens (tertiary/aromatic N) is 3. The van der Waals surface area contributed by atoms with Crippen molar-refractivity contribution < 1.29 is 28.6 Å². The Morgan fingerprint density at radius 3 is 2.68 bits per heavy atom. The minimum atomic E-state index is -0.873. The summed E-state index contributed by atoms with van der Waals surface area (Å²) < 4.78 is 16.7. The fourth-order valence-electron chi connectivity index (χ4n) is 5.55. The molecule has 0 saturated carbocycles. The van der Waals surface area contributed by atoms with Crippen LogP contribution in [0.2, 0.25) is 0 Å². The fourth-order valence-corrected chi connectivity index (χ4v) is 5.55. The van der Waals surface area contributed by atoms with E-state index in [2.05, 4.69) is 11.9 Å². The van der Waals surface area contributed by atoms with Crippen LogP contribution in [-0.4, -0.2) is 77.3 Å². The van der Waals surface area contributed by atoms with Crippen LogP contribution < -0.4 is 15.2 Å². The van der Waals surface area contributed by atoms with E-state index in [0.29, 0.717) is 56.4 Å². The number of ether oxygens (including phenoxy) is 2. The molecule has 0 bridgehead atoms. The van der Waals surface area contributed by atoms with E-state index in [1.165, 1.54) is 0 Å². The van der Waals surface area contributed by atoms with Gasteiger partial charge in [0.25, 0.3) is 0 Å². The number of aliphatic carboxylic acids is 1. The first-order valence-corrected chi connectivity index (χ1v) is 13.7.